The minimum atomic E-state index is -0.540. The number of aliphatic hydroxyl groups is 1. The molecule has 1 aromatic rings. The lowest BCUT2D eigenvalue weighted by Gasteiger charge is -2.15. The van der Waals surface area contributed by atoms with Crippen molar-refractivity contribution in [1.82, 2.24) is 0 Å². The largest absolute Gasteiger partial charge is 0.389 e. The first-order valence-corrected chi connectivity index (χ1v) is 7.67. The summed E-state index contributed by atoms with van der Waals surface area (Å²) in [7, 11) is 0. The molecule has 2 N–H and O–H groups in total. The molecular formula is C17H26N2O2. The third kappa shape index (κ3) is 7.12. The van der Waals surface area contributed by atoms with Crippen LogP contribution in [0.2, 0.25) is 0 Å². The van der Waals surface area contributed by atoms with Crippen LogP contribution in [0.25, 0.3) is 0 Å². The Bertz CT molecular complexity index is 455. The number of rotatable bonds is 10. The first kappa shape index (κ1) is 17.5. The SMILES string of the molecule is CCCCCCOCC(O)CNc1cc(C#N)ccc1C. The maximum absolute atomic E-state index is 9.88. The Balaban J connectivity index is 2.24. The van der Waals surface area contributed by atoms with Gasteiger partial charge in [0.05, 0.1) is 24.3 Å². The van der Waals surface area contributed by atoms with E-state index in [9.17, 15) is 5.11 Å². The Morgan fingerprint density at radius 1 is 1.33 bits per heavy atom. The molecule has 116 valence electrons. The number of aliphatic hydroxyl groups excluding tert-OH is 1. The minimum Gasteiger partial charge on any atom is -0.389 e. The fourth-order valence-corrected chi connectivity index (χ4v) is 2.02. The predicted molar refractivity (Wildman–Crippen MR) is 85.4 cm³/mol. The van der Waals surface area contributed by atoms with Crippen LogP contribution in [0.5, 0.6) is 0 Å². The van der Waals surface area contributed by atoms with Crippen LogP contribution in [0.15, 0.2) is 18.2 Å². The van der Waals surface area contributed by atoms with E-state index < -0.39 is 6.10 Å². The van der Waals surface area contributed by atoms with Crippen LogP contribution in [-0.4, -0.2) is 31.0 Å². The fourth-order valence-electron chi connectivity index (χ4n) is 2.02. The van der Waals surface area contributed by atoms with Gasteiger partial charge in [-0.1, -0.05) is 32.3 Å². The highest BCUT2D eigenvalue weighted by molar-refractivity contribution is 5.55. The third-order valence-electron chi connectivity index (χ3n) is 3.35. The van der Waals surface area contributed by atoms with E-state index in [2.05, 4.69) is 18.3 Å². The van der Waals surface area contributed by atoms with Gasteiger partial charge in [0.15, 0.2) is 0 Å². The van der Waals surface area contributed by atoms with Crippen molar-refractivity contribution in [2.45, 2.75) is 45.6 Å². The molecule has 0 spiro atoms. The van der Waals surface area contributed by atoms with Crippen molar-refractivity contribution in [1.29, 1.82) is 5.26 Å². The average molecular weight is 290 g/mol. The topological polar surface area (TPSA) is 65.3 Å². The number of aryl methyl sites for hydroxylation is 1. The Labute approximate surface area is 127 Å². The van der Waals surface area contributed by atoms with Crippen LogP contribution in [0.4, 0.5) is 5.69 Å². The molecule has 0 saturated heterocycles. The van der Waals surface area contributed by atoms with Crippen molar-refractivity contribution < 1.29 is 9.84 Å². The highest BCUT2D eigenvalue weighted by Crippen LogP contribution is 2.16. The van der Waals surface area contributed by atoms with Gasteiger partial charge in [-0.2, -0.15) is 5.26 Å². The number of nitriles is 1. The van der Waals surface area contributed by atoms with Gasteiger partial charge in [-0.05, 0) is 31.0 Å². The molecule has 1 rings (SSSR count). The van der Waals surface area contributed by atoms with Gasteiger partial charge in [0, 0.05) is 18.8 Å². The minimum absolute atomic E-state index is 0.343. The first-order valence-electron chi connectivity index (χ1n) is 7.67. The molecule has 0 aromatic heterocycles. The number of nitrogens with one attached hydrogen (secondary N) is 1. The standard InChI is InChI=1S/C17H26N2O2/c1-3-4-5-6-9-21-13-16(20)12-19-17-10-15(11-18)8-7-14(17)2/h7-8,10,16,19-20H,3-6,9,12-13H2,1-2H3. The maximum Gasteiger partial charge on any atom is 0.0992 e. The number of benzene rings is 1. The normalized spacial score (nSPS) is 11.9. The third-order valence-corrected chi connectivity index (χ3v) is 3.35. The van der Waals surface area contributed by atoms with Crippen LogP contribution < -0.4 is 5.32 Å². The molecule has 4 heteroatoms. The second kappa shape index (κ2) is 10.2. The van der Waals surface area contributed by atoms with E-state index in [4.69, 9.17) is 10.00 Å². The summed E-state index contributed by atoms with van der Waals surface area (Å²) in [6.07, 6.45) is 4.15. The van der Waals surface area contributed by atoms with Crippen molar-refractivity contribution in [2.75, 3.05) is 25.1 Å². The average Bonchev–Trinajstić information content (AvgIpc) is 2.50. The van der Waals surface area contributed by atoms with Gasteiger partial charge in [-0.15, -0.1) is 0 Å². The summed E-state index contributed by atoms with van der Waals surface area (Å²) in [5.74, 6) is 0. The Morgan fingerprint density at radius 2 is 2.14 bits per heavy atom. The summed E-state index contributed by atoms with van der Waals surface area (Å²) in [5, 5.41) is 21.9. The van der Waals surface area contributed by atoms with E-state index in [0.717, 1.165) is 17.7 Å². The molecule has 0 bridgehead atoms. The zero-order valence-corrected chi connectivity index (χ0v) is 13.1. The fraction of sp³-hybridized carbons (Fsp3) is 0.588. The summed E-state index contributed by atoms with van der Waals surface area (Å²) in [6, 6.07) is 7.60. The predicted octanol–water partition coefficient (Wildman–Crippen LogP) is 3.24. The van der Waals surface area contributed by atoms with Crippen molar-refractivity contribution >= 4 is 5.69 Å². The van der Waals surface area contributed by atoms with Crippen LogP contribution in [0.1, 0.15) is 43.7 Å². The van der Waals surface area contributed by atoms with Crippen LogP contribution >= 0.6 is 0 Å². The number of ether oxygens (including phenoxy) is 1. The highest BCUT2D eigenvalue weighted by atomic mass is 16.5. The number of hydrogen-bond acceptors (Lipinski definition) is 4. The summed E-state index contributed by atoms with van der Waals surface area (Å²) >= 11 is 0. The van der Waals surface area contributed by atoms with Crippen molar-refractivity contribution in [2.24, 2.45) is 0 Å². The molecule has 0 fully saturated rings. The molecule has 1 aromatic carbocycles. The van der Waals surface area contributed by atoms with E-state index in [0.29, 0.717) is 25.3 Å². The molecule has 1 atom stereocenters. The lowest BCUT2D eigenvalue weighted by atomic mass is 10.1. The van der Waals surface area contributed by atoms with E-state index in [-0.39, 0.29) is 0 Å². The molecule has 0 heterocycles. The van der Waals surface area contributed by atoms with Gasteiger partial charge in [0.25, 0.3) is 0 Å². The summed E-state index contributed by atoms with van der Waals surface area (Å²) in [6.45, 7) is 5.63. The number of unbranched alkanes of at least 4 members (excludes halogenated alkanes) is 3. The van der Waals surface area contributed by atoms with Crippen LogP contribution in [-0.2, 0) is 4.74 Å². The molecule has 0 radical (unpaired) electrons. The number of nitrogens with zero attached hydrogens (tertiary/aromatic N) is 1. The van der Waals surface area contributed by atoms with Gasteiger partial charge in [0.1, 0.15) is 0 Å². The monoisotopic (exact) mass is 290 g/mol. The second-order valence-corrected chi connectivity index (χ2v) is 5.31. The van der Waals surface area contributed by atoms with Gasteiger partial charge in [0.2, 0.25) is 0 Å². The number of hydrogen-bond donors (Lipinski definition) is 2. The quantitative estimate of drug-likeness (QED) is 0.649. The Hall–Kier alpha value is -1.57. The molecule has 0 aliphatic rings. The molecule has 4 nitrogen and oxygen atoms in total. The van der Waals surface area contributed by atoms with Gasteiger partial charge >= 0.3 is 0 Å². The molecular weight excluding hydrogens is 264 g/mol. The van der Waals surface area contributed by atoms with Gasteiger partial charge in [-0.3, -0.25) is 0 Å². The summed E-state index contributed by atoms with van der Waals surface area (Å²) in [4.78, 5) is 0. The highest BCUT2D eigenvalue weighted by Gasteiger charge is 2.06. The lowest BCUT2D eigenvalue weighted by molar-refractivity contribution is 0.0416. The summed E-state index contributed by atoms with van der Waals surface area (Å²) in [5.41, 5.74) is 2.56. The second-order valence-electron chi connectivity index (χ2n) is 5.31. The first-order chi connectivity index (χ1) is 10.2. The van der Waals surface area contributed by atoms with Crippen LogP contribution in [0.3, 0.4) is 0 Å². The van der Waals surface area contributed by atoms with E-state index >= 15 is 0 Å². The lowest BCUT2D eigenvalue weighted by Crippen LogP contribution is -2.25. The zero-order chi connectivity index (χ0) is 15.5. The Kier molecular flexibility index (Phi) is 8.49. The van der Waals surface area contributed by atoms with E-state index in [1.54, 1.807) is 12.1 Å². The zero-order valence-electron chi connectivity index (χ0n) is 13.1. The molecule has 0 aliphatic carbocycles. The molecule has 0 saturated carbocycles. The van der Waals surface area contributed by atoms with E-state index in [1.165, 1.54) is 19.3 Å². The van der Waals surface area contributed by atoms with Crippen LogP contribution in [0, 0.1) is 18.3 Å². The van der Waals surface area contributed by atoms with Crippen molar-refractivity contribution in [3.05, 3.63) is 29.3 Å². The maximum atomic E-state index is 9.88. The van der Waals surface area contributed by atoms with Crippen molar-refractivity contribution in [3.8, 4) is 6.07 Å². The van der Waals surface area contributed by atoms with Gasteiger partial charge in [-0.25, -0.2) is 0 Å². The molecule has 0 amide bonds. The number of anilines is 1. The van der Waals surface area contributed by atoms with Crippen molar-refractivity contribution in [3.63, 3.8) is 0 Å². The molecule has 1 unspecified atom stereocenters. The van der Waals surface area contributed by atoms with Gasteiger partial charge < -0.3 is 15.2 Å². The smallest absolute Gasteiger partial charge is 0.0992 e. The molecule has 0 aliphatic heterocycles. The van der Waals surface area contributed by atoms with E-state index in [1.807, 2.05) is 13.0 Å². The summed E-state index contributed by atoms with van der Waals surface area (Å²) < 4.78 is 5.46. The molecule has 21 heavy (non-hydrogen) atoms. The Morgan fingerprint density at radius 3 is 2.86 bits per heavy atom.